The van der Waals surface area contributed by atoms with Crippen LogP contribution in [0.2, 0.25) is 0 Å². The molecule has 0 bridgehead atoms. The molecule has 2 aliphatic carbocycles. The number of allylic oxidation sites excluding steroid dienone is 2. The van der Waals surface area contributed by atoms with Gasteiger partial charge in [-0.15, -0.1) is 0 Å². The van der Waals surface area contributed by atoms with Crippen LogP contribution in [0.15, 0.2) is 54.6 Å². The SMILES string of the molecule is COc1ccc(F)c(-c2ccc(COc3ccc4c(c3F)[C@@]3(CNC4=O)C[C@H]3C(=O)O)cc2C2=CCCC2(C)C)c1. The number of ether oxygens (including phenoxy) is 2. The van der Waals surface area contributed by atoms with E-state index in [1.54, 1.807) is 19.2 Å². The first-order chi connectivity index (χ1) is 19.6. The molecule has 0 aromatic heterocycles. The first-order valence-corrected chi connectivity index (χ1v) is 13.7. The molecule has 2 atom stereocenters. The Bertz CT molecular complexity index is 1630. The highest BCUT2D eigenvalue weighted by Crippen LogP contribution is 2.57. The van der Waals surface area contributed by atoms with Crippen LogP contribution >= 0.6 is 0 Å². The van der Waals surface area contributed by atoms with E-state index >= 15 is 8.78 Å². The summed E-state index contributed by atoms with van der Waals surface area (Å²) in [5.41, 5.74) is 3.09. The predicted molar refractivity (Wildman–Crippen MR) is 150 cm³/mol. The number of carbonyl (C=O) groups is 2. The molecule has 3 aliphatic rings. The van der Waals surface area contributed by atoms with Crippen molar-refractivity contribution in [2.45, 2.75) is 45.1 Å². The van der Waals surface area contributed by atoms with Crippen LogP contribution < -0.4 is 14.8 Å². The second kappa shape index (κ2) is 9.72. The predicted octanol–water partition coefficient (Wildman–Crippen LogP) is 6.51. The Balaban J connectivity index is 1.36. The monoisotopic (exact) mass is 559 g/mol. The van der Waals surface area contributed by atoms with Crippen molar-refractivity contribution in [2.24, 2.45) is 11.3 Å². The molecule has 8 heteroatoms. The van der Waals surface area contributed by atoms with Crippen molar-refractivity contribution >= 4 is 17.4 Å². The summed E-state index contributed by atoms with van der Waals surface area (Å²) in [6.07, 6.45) is 4.32. The zero-order valence-corrected chi connectivity index (χ0v) is 23.1. The number of carboxylic acids is 1. The minimum absolute atomic E-state index is 0.0266. The van der Waals surface area contributed by atoms with E-state index in [1.807, 2.05) is 18.2 Å². The van der Waals surface area contributed by atoms with Crippen LogP contribution in [0, 0.1) is 23.0 Å². The van der Waals surface area contributed by atoms with E-state index in [2.05, 4.69) is 25.2 Å². The van der Waals surface area contributed by atoms with E-state index in [4.69, 9.17) is 9.47 Å². The summed E-state index contributed by atoms with van der Waals surface area (Å²) in [5.74, 6) is -2.75. The van der Waals surface area contributed by atoms with Crippen LogP contribution in [0.3, 0.4) is 0 Å². The lowest BCUT2D eigenvalue weighted by Crippen LogP contribution is -2.41. The fourth-order valence-corrected chi connectivity index (χ4v) is 6.47. The van der Waals surface area contributed by atoms with Crippen LogP contribution in [-0.2, 0) is 16.8 Å². The van der Waals surface area contributed by atoms with Gasteiger partial charge in [0, 0.05) is 28.7 Å². The number of methoxy groups -OCH3 is 1. The van der Waals surface area contributed by atoms with E-state index in [0.29, 0.717) is 11.3 Å². The van der Waals surface area contributed by atoms with E-state index in [0.717, 1.165) is 35.1 Å². The summed E-state index contributed by atoms with van der Waals surface area (Å²) in [4.78, 5) is 24.1. The first kappa shape index (κ1) is 27.0. The largest absolute Gasteiger partial charge is 0.497 e. The van der Waals surface area contributed by atoms with Crippen molar-refractivity contribution in [1.29, 1.82) is 0 Å². The van der Waals surface area contributed by atoms with Gasteiger partial charge in [0.1, 0.15) is 18.2 Å². The van der Waals surface area contributed by atoms with Crippen LogP contribution in [0.1, 0.15) is 60.2 Å². The number of carbonyl (C=O) groups excluding carboxylic acids is 1. The van der Waals surface area contributed by atoms with E-state index in [9.17, 15) is 14.7 Å². The average molecular weight is 560 g/mol. The quantitative estimate of drug-likeness (QED) is 0.345. The first-order valence-electron chi connectivity index (χ1n) is 13.7. The van der Waals surface area contributed by atoms with Gasteiger partial charge in [-0.1, -0.05) is 32.1 Å². The third kappa shape index (κ3) is 4.46. The Hall–Kier alpha value is -4.20. The van der Waals surface area contributed by atoms with Crippen LogP contribution in [0.25, 0.3) is 16.7 Å². The number of nitrogens with one attached hydrogen (secondary N) is 1. The Morgan fingerprint density at radius 3 is 2.51 bits per heavy atom. The van der Waals surface area contributed by atoms with Gasteiger partial charge in [0.2, 0.25) is 0 Å². The fraction of sp³-hybridized carbons (Fsp3) is 0.333. The van der Waals surface area contributed by atoms with Crippen molar-refractivity contribution in [3.63, 3.8) is 0 Å². The molecule has 41 heavy (non-hydrogen) atoms. The molecule has 1 heterocycles. The smallest absolute Gasteiger partial charge is 0.307 e. The number of hydrogen-bond donors (Lipinski definition) is 2. The molecule has 6 rings (SSSR count). The molecule has 0 radical (unpaired) electrons. The molecule has 0 unspecified atom stereocenters. The Morgan fingerprint density at radius 2 is 1.83 bits per heavy atom. The summed E-state index contributed by atoms with van der Waals surface area (Å²) in [6.45, 7) is 4.43. The number of aliphatic carboxylic acids is 1. The van der Waals surface area contributed by atoms with E-state index in [1.165, 1.54) is 18.2 Å². The fourth-order valence-electron chi connectivity index (χ4n) is 6.47. The van der Waals surface area contributed by atoms with Crippen molar-refractivity contribution < 1.29 is 33.0 Å². The summed E-state index contributed by atoms with van der Waals surface area (Å²) >= 11 is 0. The molecule has 2 N–H and O–H groups in total. The minimum Gasteiger partial charge on any atom is -0.497 e. The summed E-state index contributed by atoms with van der Waals surface area (Å²) < 4.78 is 42.2. The maximum atomic E-state index is 15.9. The molecular weight excluding hydrogens is 528 g/mol. The summed E-state index contributed by atoms with van der Waals surface area (Å²) in [6, 6.07) is 13.2. The summed E-state index contributed by atoms with van der Waals surface area (Å²) in [5, 5.41) is 12.3. The van der Waals surface area contributed by atoms with Gasteiger partial charge in [0.05, 0.1) is 13.0 Å². The Kier molecular flexibility index (Phi) is 6.40. The molecule has 1 aliphatic heterocycles. The number of carboxylic acid groups (broad SMARTS) is 1. The molecule has 6 nitrogen and oxygen atoms in total. The maximum absolute atomic E-state index is 15.9. The number of benzene rings is 3. The molecule has 1 fully saturated rings. The molecule has 1 saturated carbocycles. The molecule has 1 spiro atoms. The third-order valence-corrected chi connectivity index (χ3v) is 8.87. The zero-order valence-electron chi connectivity index (χ0n) is 23.1. The van der Waals surface area contributed by atoms with Crippen molar-refractivity contribution in [2.75, 3.05) is 13.7 Å². The highest BCUT2D eigenvalue weighted by atomic mass is 19.1. The maximum Gasteiger partial charge on any atom is 0.307 e. The molecule has 212 valence electrons. The number of rotatable bonds is 7. The number of halogens is 2. The number of fused-ring (bicyclic) bond motifs is 2. The number of amides is 1. The van der Waals surface area contributed by atoms with Crippen LogP contribution in [0.4, 0.5) is 8.78 Å². The van der Waals surface area contributed by atoms with Gasteiger partial charge in [-0.25, -0.2) is 8.78 Å². The topological polar surface area (TPSA) is 84.9 Å². The second-order valence-electron chi connectivity index (χ2n) is 11.8. The van der Waals surface area contributed by atoms with Crippen molar-refractivity contribution in [3.8, 4) is 22.6 Å². The lowest BCUT2D eigenvalue weighted by molar-refractivity contribution is -0.139. The van der Waals surface area contributed by atoms with Gasteiger partial charge < -0.3 is 19.9 Å². The molecule has 3 aromatic carbocycles. The molecular formula is C33H31F2NO5. The van der Waals surface area contributed by atoms with Gasteiger partial charge in [0.15, 0.2) is 11.6 Å². The van der Waals surface area contributed by atoms with Crippen molar-refractivity contribution in [3.05, 3.63) is 88.5 Å². The number of hydrogen-bond acceptors (Lipinski definition) is 4. The highest BCUT2D eigenvalue weighted by molar-refractivity contribution is 5.99. The zero-order chi connectivity index (χ0) is 29.1. The summed E-state index contributed by atoms with van der Waals surface area (Å²) in [7, 11) is 1.54. The standard InChI is InChI=1S/C33H31F2NO5/c1-32(2)12-4-5-24(32)22-13-18(6-8-20(22)23-14-19(40-3)7-10-26(23)34)16-41-27-11-9-21-28(29(27)35)33(17-36-30(21)37)15-25(33)31(38)39/h5-11,13-14,25H,4,12,15-17H2,1-3H3,(H,36,37)(H,38,39)/t25-,33+/m0/s1. The lowest BCUT2D eigenvalue weighted by atomic mass is 9.79. The highest BCUT2D eigenvalue weighted by Gasteiger charge is 2.63. The average Bonchev–Trinajstić information content (AvgIpc) is 3.57. The normalized spacial score (nSPS) is 22.1. The van der Waals surface area contributed by atoms with Gasteiger partial charge in [-0.05, 0) is 83.3 Å². The Morgan fingerprint density at radius 1 is 1.05 bits per heavy atom. The van der Waals surface area contributed by atoms with Crippen LogP contribution in [-0.4, -0.2) is 30.6 Å². The third-order valence-electron chi connectivity index (χ3n) is 8.87. The van der Waals surface area contributed by atoms with Gasteiger partial charge in [-0.3, -0.25) is 9.59 Å². The van der Waals surface area contributed by atoms with Gasteiger partial charge >= 0.3 is 5.97 Å². The second-order valence-corrected chi connectivity index (χ2v) is 11.8. The molecule has 1 amide bonds. The minimum atomic E-state index is -1.01. The van der Waals surface area contributed by atoms with Crippen molar-refractivity contribution in [1.82, 2.24) is 5.32 Å². The molecule has 0 saturated heterocycles. The van der Waals surface area contributed by atoms with Gasteiger partial charge in [0.25, 0.3) is 5.91 Å². The Labute approximate surface area is 237 Å². The van der Waals surface area contributed by atoms with E-state index < -0.39 is 29.0 Å². The van der Waals surface area contributed by atoms with Gasteiger partial charge in [-0.2, -0.15) is 0 Å². The van der Waals surface area contributed by atoms with E-state index in [-0.39, 0.29) is 47.7 Å². The lowest BCUT2D eigenvalue weighted by Gasteiger charge is -2.27. The molecule has 3 aromatic rings. The van der Waals surface area contributed by atoms with Crippen LogP contribution in [0.5, 0.6) is 11.5 Å².